The van der Waals surface area contributed by atoms with Gasteiger partial charge in [0.2, 0.25) is 0 Å². The van der Waals surface area contributed by atoms with Gasteiger partial charge in [0, 0.05) is 47.4 Å². The molecule has 1 unspecified atom stereocenters. The number of anilines is 3. The third kappa shape index (κ3) is 5.09. The number of benzene rings is 4. The summed E-state index contributed by atoms with van der Waals surface area (Å²) in [5, 5.41) is 20.8. The lowest BCUT2D eigenvalue weighted by Gasteiger charge is -2.32. The van der Waals surface area contributed by atoms with Crippen LogP contribution >= 0.6 is 0 Å². The maximum absolute atomic E-state index is 14.7. The highest BCUT2D eigenvalue weighted by Crippen LogP contribution is 2.60. The van der Waals surface area contributed by atoms with E-state index in [9.17, 15) is 19.5 Å². The van der Waals surface area contributed by atoms with Crippen molar-refractivity contribution in [3.8, 4) is 0 Å². The number of amides is 2. The molecule has 0 saturated carbocycles. The third-order valence-electron chi connectivity index (χ3n) is 11.0. The van der Waals surface area contributed by atoms with Crippen LogP contribution in [0.1, 0.15) is 46.4 Å². The molecule has 1 spiro atoms. The molecule has 4 aromatic carbocycles. The molecule has 5 atom stereocenters. The summed E-state index contributed by atoms with van der Waals surface area (Å²) in [6.07, 6.45) is 3.57. The van der Waals surface area contributed by atoms with Gasteiger partial charge in [-0.05, 0) is 60.8 Å². The molecule has 4 heterocycles. The predicted octanol–water partition coefficient (Wildman–Crippen LogP) is 6.27. The van der Waals surface area contributed by atoms with Gasteiger partial charge in [0.25, 0.3) is 11.8 Å². The van der Waals surface area contributed by atoms with Crippen LogP contribution in [0.15, 0.2) is 104 Å². The predicted molar refractivity (Wildman–Crippen MR) is 199 cm³/mol. The van der Waals surface area contributed by atoms with E-state index in [1.807, 2.05) is 111 Å². The van der Waals surface area contributed by atoms with Gasteiger partial charge < -0.3 is 19.5 Å². The fourth-order valence-electron chi connectivity index (χ4n) is 8.85. The number of carbonyl (C=O) groups is 2. The lowest BCUT2D eigenvalue weighted by Crippen LogP contribution is -2.46. The molecule has 0 radical (unpaired) electrons. The smallest absolute Gasteiger partial charge is 0.264 e. The fourth-order valence-corrected chi connectivity index (χ4v) is 11.5. The van der Waals surface area contributed by atoms with Crippen LogP contribution in [0.2, 0.25) is 18.6 Å². The quantitative estimate of drug-likeness (QED) is 0.130. The summed E-state index contributed by atoms with van der Waals surface area (Å²) in [6, 6.07) is 27.1. The summed E-state index contributed by atoms with van der Waals surface area (Å²) in [5.41, 5.74) is 3.46. The van der Waals surface area contributed by atoms with Crippen LogP contribution < -0.4 is 9.80 Å². The lowest BCUT2D eigenvalue weighted by molar-refractivity contribution is -0.145. The minimum absolute atomic E-state index is 0.101. The zero-order valence-corrected chi connectivity index (χ0v) is 29.9. The molecule has 51 heavy (non-hydrogen) atoms. The topological polar surface area (TPSA) is 121 Å². The van der Waals surface area contributed by atoms with Crippen LogP contribution in [0, 0.1) is 5.92 Å². The van der Waals surface area contributed by atoms with E-state index in [2.05, 4.69) is 16.9 Å². The summed E-state index contributed by atoms with van der Waals surface area (Å²) in [7, 11) is -2.92. The Morgan fingerprint density at radius 1 is 1.02 bits per heavy atom. The molecule has 11 heteroatoms. The van der Waals surface area contributed by atoms with E-state index in [1.165, 1.54) is 0 Å². The Hall–Kier alpha value is -4.94. The summed E-state index contributed by atoms with van der Waals surface area (Å²) in [4.78, 5) is 43.9. The Morgan fingerprint density at radius 3 is 2.51 bits per heavy atom. The summed E-state index contributed by atoms with van der Waals surface area (Å²) in [6.45, 7) is 10.4. The maximum Gasteiger partial charge on any atom is 0.264 e. The summed E-state index contributed by atoms with van der Waals surface area (Å²) in [5.74, 6) is -0.986. The van der Waals surface area contributed by atoms with Gasteiger partial charge in [0.15, 0.2) is 13.9 Å². The first-order chi connectivity index (χ1) is 24.6. The first-order valence-electron chi connectivity index (χ1n) is 17.5. The zero-order valence-electron chi connectivity index (χ0n) is 28.9. The molecule has 1 aromatic heterocycles. The van der Waals surface area contributed by atoms with Gasteiger partial charge in [0.05, 0.1) is 41.3 Å². The number of rotatable bonds is 10. The van der Waals surface area contributed by atoms with Crippen molar-refractivity contribution in [3.63, 3.8) is 0 Å². The van der Waals surface area contributed by atoms with E-state index in [1.54, 1.807) is 20.6 Å². The number of aliphatic hydroxyl groups excluding tert-OH is 1. The standard InChI is InChI=1S/C40H41N5O5Si/c1-5-20-44-33-18-17-28(45-34-16-10-14-27-13-9-15-29(36(27)34)38(45)47)22-31(33)40(39(44)48)25(2)37(51(3,4)49)35(50-40)19-21-43-23-32(41-42-43)30(24-46)26-11-7-6-8-12-26/h5-18,22-23,25,30,35,37,46,49H,1,19-21,24H2,2-4H3/t25-,30?,35+,37-,40+/m0/s1. The highest BCUT2D eigenvalue weighted by Gasteiger charge is 2.66. The van der Waals surface area contributed by atoms with E-state index in [0.29, 0.717) is 47.7 Å². The molecule has 3 aliphatic heterocycles. The van der Waals surface area contributed by atoms with Gasteiger partial charge in [-0.3, -0.25) is 19.2 Å². The molecule has 0 bridgehead atoms. The molecule has 5 aromatic rings. The number of hydrogen-bond acceptors (Lipinski definition) is 7. The number of nitrogens with zero attached hydrogens (tertiary/aromatic N) is 5. The number of fused-ring (bicyclic) bond motifs is 2. The maximum atomic E-state index is 14.7. The van der Waals surface area contributed by atoms with Crippen molar-refractivity contribution >= 4 is 48.0 Å². The van der Waals surface area contributed by atoms with Crippen molar-refractivity contribution in [2.24, 2.45) is 5.92 Å². The first-order valence-corrected chi connectivity index (χ1v) is 20.5. The monoisotopic (exact) mass is 699 g/mol. The second kappa shape index (κ2) is 12.4. The van der Waals surface area contributed by atoms with Crippen molar-refractivity contribution in [1.29, 1.82) is 0 Å². The second-order valence-corrected chi connectivity index (χ2v) is 18.4. The third-order valence-corrected chi connectivity index (χ3v) is 13.5. The Morgan fingerprint density at radius 2 is 1.78 bits per heavy atom. The average molecular weight is 700 g/mol. The van der Waals surface area contributed by atoms with E-state index in [0.717, 1.165) is 22.0 Å². The lowest BCUT2D eigenvalue weighted by atomic mass is 9.82. The van der Waals surface area contributed by atoms with Crippen LogP contribution in [0.25, 0.3) is 10.8 Å². The molecule has 8 rings (SSSR count). The molecule has 2 N–H and O–H groups in total. The van der Waals surface area contributed by atoms with Crippen molar-refractivity contribution in [1.82, 2.24) is 15.0 Å². The minimum atomic E-state index is -2.92. The number of aromatic nitrogens is 3. The van der Waals surface area contributed by atoms with Crippen molar-refractivity contribution < 1.29 is 24.2 Å². The molecule has 0 aliphatic carbocycles. The Balaban J connectivity index is 1.15. The number of hydrogen-bond donors (Lipinski definition) is 2. The molecular weight excluding hydrogens is 659 g/mol. The number of aryl methyl sites for hydroxylation is 1. The molecule has 10 nitrogen and oxygen atoms in total. The van der Waals surface area contributed by atoms with Crippen LogP contribution in [0.3, 0.4) is 0 Å². The number of carbonyl (C=O) groups excluding carboxylic acids is 2. The van der Waals surface area contributed by atoms with Crippen molar-refractivity contribution in [2.75, 3.05) is 23.0 Å². The normalized spacial score (nSPS) is 23.1. The van der Waals surface area contributed by atoms with Gasteiger partial charge in [0.1, 0.15) is 0 Å². The Bertz CT molecular complexity index is 2180. The fraction of sp³-hybridized carbons (Fsp3) is 0.300. The van der Waals surface area contributed by atoms with Crippen LogP contribution in [0.5, 0.6) is 0 Å². The average Bonchev–Trinajstić information content (AvgIpc) is 3.85. The van der Waals surface area contributed by atoms with E-state index in [4.69, 9.17) is 4.74 Å². The highest BCUT2D eigenvalue weighted by molar-refractivity contribution is 6.71. The highest BCUT2D eigenvalue weighted by atomic mass is 28.4. The SMILES string of the molecule is C=CCN1C(=O)[C@]2(O[C@H](CCn3cc(C(CO)c4ccccc4)nn3)[C@@H]([Si](C)(C)O)[C@@H]2C)c2cc(N3C(=O)c4cccc5cccc3c45)ccc21. The molecular formula is C40H41N5O5Si. The van der Waals surface area contributed by atoms with Gasteiger partial charge in [-0.25, -0.2) is 0 Å². The van der Waals surface area contributed by atoms with E-state index in [-0.39, 0.29) is 35.8 Å². The second-order valence-electron chi connectivity index (χ2n) is 14.4. The van der Waals surface area contributed by atoms with E-state index < -0.39 is 20.0 Å². The first kappa shape index (κ1) is 33.2. The van der Waals surface area contributed by atoms with Gasteiger partial charge in [-0.2, -0.15) is 0 Å². The Labute approximate surface area is 297 Å². The molecule has 1 fully saturated rings. The zero-order chi connectivity index (χ0) is 35.7. The van der Waals surface area contributed by atoms with Gasteiger partial charge >= 0.3 is 0 Å². The van der Waals surface area contributed by atoms with Crippen molar-refractivity contribution in [2.45, 2.75) is 56.1 Å². The molecule has 3 aliphatic rings. The van der Waals surface area contributed by atoms with Crippen LogP contribution in [-0.4, -0.2) is 64.3 Å². The summed E-state index contributed by atoms with van der Waals surface area (Å²) < 4.78 is 8.79. The molecule has 1 saturated heterocycles. The Kier molecular flexibility index (Phi) is 8.06. The molecule has 260 valence electrons. The minimum Gasteiger partial charge on any atom is -0.432 e. The van der Waals surface area contributed by atoms with Gasteiger partial charge in [-0.15, -0.1) is 11.7 Å². The van der Waals surface area contributed by atoms with Crippen LogP contribution in [-0.2, 0) is 21.7 Å². The summed E-state index contributed by atoms with van der Waals surface area (Å²) >= 11 is 0. The van der Waals surface area contributed by atoms with Crippen molar-refractivity contribution in [3.05, 3.63) is 126 Å². The van der Waals surface area contributed by atoms with Crippen LogP contribution in [0.4, 0.5) is 17.1 Å². The van der Waals surface area contributed by atoms with Gasteiger partial charge in [-0.1, -0.05) is 72.8 Å². The molecule has 2 amide bonds. The number of aliphatic hydroxyl groups is 1. The largest absolute Gasteiger partial charge is 0.432 e. The number of ether oxygens (including phenoxy) is 1. The van der Waals surface area contributed by atoms with E-state index >= 15 is 0 Å².